The van der Waals surface area contributed by atoms with Gasteiger partial charge in [-0.2, -0.15) is 0 Å². The third-order valence-electron chi connectivity index (χ3n) is 2.11. The van der Waals surface area contributed by atoms with E-state index in [4.69, 9.17) is 22.7 Å². The molecule has 1 aromatic carbocycles. The van der Waals surface area contributed by atoms with Gasteiger partial charge in [-0.15, -0.1) is 0 Å². The fourth-order valence-electron chi connectivity index (χ4n) is 1.27. The molecule has 0 aliphatic heterocycles. The maximum absolute atomic E-state index is 11.6. The molecule has 0 aliphatic carbocycles. The van der Waals surface area contributed by atoms with E-state index in [0.29, 0.717) is 17.3 Å². The van der Waals surface area contributed by atoms with E-state index in [-0.39, 0.29) is 12.5 Å². The number of benzene rings is 1. The van der Waals surface area contributed by atoms with Crippen molar-refractivity contribution in [3.8, 4) is 0 Å². The van der Waals surface area contributed by atoms with Crippen LogP contribution >= 0.6 is 28.1 Å². The molecule has 1 rings (SSSR count). The Balaban J connectivity index is 2.62. The summed E-state index contributed by atoms with van der Waals surface area (Å²) in [6, 6.07) is 5.27. The van der Waals surface area contributed by atoms with Crippen molar-refractivity contribution in [2.75, 3.05) is 18.5 Å². The lowest BCUT2D eigenvalue weighted by atomic mass is 10.2. The molecule has 98 valence electrons. The number of nitrogens with two attached hydrogens (primary N) is 1. The van der Waals surface area contributed by atoms with Crippen molar-refractivity contribution in [1.82, 2.24) is 0 Å². The average molecular weight is 331 g/mol. The smallest absolute Gasteiger partial charge is 0.250 e. The van der Waals surface area contributed by atoms with Crippen LogP contribution < -0.4 is 11.1 Å². The summed E-state index contributed by atoms with van der Waals surface area (Å²) in [4.78, 5) is 11.9. The number of amides is 1. The van der Waals surface area contributed by atoms with Gasteiger partial charge in [-0.25, -0.2) is 0 Å². The van der Waals surface area contributed by atoms with Crippen LogP contribution in [0.4, 0.5) is 5.69 Å². The molecule has 0 aliphatic rings. The van der Waals surface area contributed by atoms with Gasteiger partial charge in [0.05, 0.1) is 5.69 Å². The second-order valence-corrected chi connectivity index (χ2v) is 4.95. The lowest BCUT2D eigenvalue weighted by Gasteiger charge is -2.09. The molecule has 1 amide bonds. The number of halogens is 1. The zero-order chi connectivity index (χ0) is 13.5. The molecule has 4 nitrogen and oxygen atoms in total. The number of hydrogen-bond acceptors (Lipinski definition) is 3. The summed E-state index contributed by atoms with van der Waals surface area (Å²) in [5.74, 6) is -0.188. The van der Waals surface area contributed by atoms with Crippen molar-refractivity contribution >= 4 is 44.7 Å². The first-order valence-electron chi connectivity index (χ1n) is 5.51. The van der Waals surface area contributed by atoms with Crippen LogP contribution in [0.25, 0.3) is 0 Å². The molecule has 0 unspecified atom stereocenters. The third kappa shape index (κ3) is 4.72. The predicted molar refractivity (Wildman–Crippen MR) is 79.8 cm³/mol. The highest BCUT2D eigenvalue weighted by Gasteiger charge is 2.07. The molecule has 0 fully saturated rings. The monoisotopic (exact) mass is 330 g/mol. The van der Waals surface area contributed by atoms with Gasteiger partial charge in [0, 0.05) is 16.6 Å². The Morgan fingerprint density at radius 2 is 2.28 bits per heavy atom. The van der Waals surface area contributed by atoms with Gasteiger partial charge in [0.1, 0.15) is 11.6 Å². The van der Waals surface area contributed by atoms with Crippen molar-refractivity contribution in [2.45, 2.75) is 13.3 Å². The number of ether oxygens (including phenoxy) is 1. The molecule has 0 heterocycles. The minimum atomic E-state index is -0.188. The van der Waals surface area contributed by atoms with E-state index < -0.39 is 0 Å². The normalized spacial score (nSPS) is 10.1. The van der Waals surface area contributed by atoms with Crippen LogP contribution in [-0.4, -0.2) is 24.1 Å². The van der Waals surface area contributed by atoms with E-state index in [0.717, 1.165) is 16.5 Å². The van der Waals surface area contributed by atoms with E-state index in [2.05, 4.69) is 21.2 Å². The molecule has 0 saturated heterocycles. The molecule has 3 N–H and O–H groups in total. The molecule has 0 spiro atoms. The minimum absolute atomic E-state index is 0.0529. The number of hydrogen-bond donors (Lipinski definition) is 2. The molecule has 0 aromatic heterocycles. The molecule has 6 heteroatoms. The molecule has 0 radical (unpaired) electrons. The number of nitrogens with one attached hydrogen (secondary N) is 1. The number of thiocarbonyl (C=S) groups is 1. The lowest BCUT2D eigenvalue weighted by molar-refractivity contribution is -0.120. The van der Waals surface area contributed by atoms with E-state index in [1.54, 1.807) is 18.2 Å². The van der Waals surface area contributed by atoms with E-state index >= 15 is 0 Å². The first kappa shape index (κ1) is 15.1. The Morgan fingerprint density at radius 1 is 1.56 bits per heavy atom. The van der Waals surface area contributed by atoms with Crippen LogP contribution in [0.1, 0.15) is 18.9 Å². The van der Waals surface area contributed by atoms with Crippen LogP contribution in [0.2, 0.25) is 0 Å². The van der Waals surface area contributed by atoms with Crippen LogP contribution in [0.3, 0.4) is 0 Å². The van der Waals surface area contributed by atoms with Crippen LogP contribution in [-0.2, 0) is 9.53 Å². The number of carbonyl (C=O) groups is 1. The Bertz CT molecular complexity index is 452. The van der Waals surface area contributed by atoms with Gasteiger partial charge in [0.2, 0.25) is 5.91 Å². The molecular formula is C12H15BrN2O2S. The van der Waals surface area contributed by atoms with Crippen LogP contribution in [0, 0.1) is 0 Å². The second kappa shape index (κ2) is 7.45. The number of anilines is 1. The van der Waals surface area contributed by atoms with E-state index in [1.165, 1.54) is 0 Å². The van der Waals surface area contributed by atoms with Crippen molar-refractivity contribution in [3.05, 3.63) is 28.2 Å². The van der Waals surface area contributed by atoms with Crippen LogP contribution in [0.15, 0.2) is 22.7 Å². The SMILES string of the molecule is CCCOCC(=O)Nc1ccc(C(N)=S)cc1Br. The average Bonchev–Trinajstić information content (AvgIpc) is 2.32. The molecule has 1 aromatic rings. The Hall–Kier alpha value is -0.980. The molecular weight excluding hydrogens is 316 g/mol. The Labute approximate surface area is 120 Å². The highest BCUT2D eigenvalue weighted by molar-refractivity contribution is 9.10. The maximum atomic E-state index is 11.6. The maximum Gasteiger partial charge on any atom is 0.250 e. The first-order valence-corrected chi connectivity index (χ1v) is 6.71. The van der Waals surface area contributed by atoms with Crippen molar-refractivity contribution in [3.63, 3.8) is 0 Å². The molecule has 18 heavy (non-hydrogen) atoms. The van der Waals surface area contributed by atoms with Gasteiger partial charge in [-0.1, -0.05) is 19.1 Å². The van der Waals surface area contributed by atoms with Gasteiger partial charge in [0.25, 0.3) is 0 Å². The standard InChI is InChI=1S/C12H15BrN2O2S/c1-2-5-17-7-11(16)15-10-4-3-8(12(14)18)6-9(10)13/h3-4,6H,2,5,7H2,1H3,(H2,14,18)(H,15,16). The molecule has 0 saturated carbocycles. The van der Waals surface area contributed by atoms with Gasteiger partial charge >= 0.3 is 0 Å². The van der Waals surface area contributed by atoms with Gasteiger partial charge < -0.3 is 15.8 Å². The van der Waals surface area contributed by atoms with E-state index in [1.807, 2.05) is 6.92 Å². The highest BCUT2D eigenvalue weighted by Crippen LogP contribution is 2.23. The van der Waals surface area contributed by atoms with Gasteiger partial charge in [0.15, 0.2) is 0 Å². The Kier molecular flexibility index (Phi) is 6.24. The predicted octanol–water partition coefficient (Wildman–Crippen LogP) is 2.45. The fraction of sp³-hybridized carbons (Fsp3) is 0.333. The summed E-state index contributed by atoms with van der Waals surface area (Å²) in [7, 11) is 0. The summed E-state index contributed by atoms with van der Waals surface area (Å²) in [5.41, 5.74) is 6.93. The minimum Gasteiger partial charge on any atom is -0.389 e. The quantitative estimate of drug-likeness (QED) is 0.621. The van der Waals surface area contributed by atoms with Gasteiger partial charge in [-0.3, -0.25) is 4.79 Å². The summed E-state index contributed by atoms with van der Waals surface area (Å²) >= 11 is 8.23. The van der Waals surface area contributed by atoms with Gasteiger partial charge in [-0.05, 0) is 40.5 Å². The summed E-state index contributed by atoms with van der Waals surface area (Å²) in [5, 5.41) is 2.74. The fourth-order valence-corrected chi connectivity index (χ4v) is 1.87. The summed E-state index contributed by atoms with van der Waals surface area (Å²) in [6.07, 6.45) is 0.889. The van der Waals surface area contributed by atoms with Crippen molar-refractivity contribution in [1.29, 1.82) is 0 Å². The molecule has 0 bridgehead atoms. The Morgan fingerprint density at radius 3 is 2.83 bits per heavy atom. The highest BCUT2D eigenvalue weighted by atomic mass is 79.9. The zero-order valence-corrected chi connectivity index (χ0v) is 12.4. The van der Waals surface area contributed by atoms with Crippen LogP contribution in [0.5, 0.6) is 0 Å². The topological polar surface area (TPSA) is 64.3 Å². The largest absolute Gasteiger partial charge is 0.389 e. The van der Waals surface area contributed by atoms with E-state index in [9.17, 15) is 4.79 Å². The van der Waals surface area contributed by atoms with Crippen molar-refractivity contribution in [2.24, 2.45) is 5.73 Å². The van der Waals surface area contributed by atoms with Crippen molar-refractivity contribution < 1.29 is 9.53 Å². The number of rotatable bonds is 6. The third-order valence-corrected chi connectivity index (χ3v) is 3.00. The number of carbonyl (C=O) groups excluding carboxylic acids is 1. The first-order chi connectivity index (χ1) is 8.54. The summed E-state index contributed by atoms with van der Waals surface area (Å²) < 4.78 is 5.88. The second-order valence-electron chi connectivity index (χ2n) is 3.66. The summed E-state index contributed by atoms with van der Waals surface area (Å²) in [6.45, 7) is 2.62. The zero-order valence-electron chi connectivity index (χ0n) is 10.0. The lowest BCUT2D eigenvalue weighted by Crippen LogP contribution is -2.19. The molecule has 0 atom stereocenters.